The molecule has 5 heteroatoms. The Morgan fingerprint density at radius 1 is 1.04 bits per heavy atom. The van der Waals surface area contributed by atoms with Crippen molar-refractivity contribution in [2.75, 3.05) is 7.05 Å². The van der Waals surface area contributed by atoms with Gasteiger partial charge in [0.2, 0.25) is 0 Å². The van der Waals surface area contributed by atoms with Crippen LogP contribution in [0.3, 0.4) is 0 Å². The van der Waals surface area contributed by atoms with E-state index in [-0.39, 0.29) is 12.1 Å². The van der Waals surface area contributed by atoms with Crippen molar-refractivity contribution in [3.8, 4) is 5.75 Å². The van der Waals surface area contributed by atoms with Crippen molar-refractivity contribution in [2.24, 2.45) is 0 Å². The van der Waals surface area contributed by atoms with Crippen molar-refractivity contribution in [3.05, 3.63) is 72.4 Å². The highest BCUT2D eigenvalue weighted by Gasteiger charge is 2.41. The van der Waals surface area contributed by atoms with E-state index >= 15 is 0 Å². The molecule has 1 aliphatic heterocycles. The summed E-state index contributed by atoms with van der Waals surface area (Å²) in [6, 6.07) is 20.5. The first-order valence-corrected chi connectivity index (χ1v) is 9.13. The van der Waals surface area contributed by atoms with Gasteiger partial charge in [0.05, 0.1) is 0 Å². The van der Waals surface area contributed by atoms with Crippen molar-refractivity contribution in [1.29, 1.82) is 0 Å². The third-order valence-corrected chi connectivity index (χ3v) is 6.03. The van der Waals surface area contributed by atoms with Gasteiger partial charge in [-0.05, 0) is 31.7 Å². The summed E-state index contributed by atoms with van der Waals surface area (Å²) in [5, 5.41) is 1.07. The van der Waals surface area contributed by atoms with E-state index in [1.54, 1.807) is 6.20 Å². The first-order chi connectivity index (χ1) is 11.7. The Morgan fingerprint density at radius 3 is 2.67 bits per heavy atom. The number of likely N-dealkylation sites (N-methyl/N-ethyl adjacent to an activating group) is 1. The van der Waals surface area contributed by atoms with Crippen molar-refractivity contribution < 1.29 is 9.05 Å². The predicted octanol–water partition coefficient (Wildman–Crippen LogP) is 4.93. The second-order valence-electron chi connectivity index (χ2n) is 5.91. The van der Waals surface area contributed by atoms with E-state index in [1.165, 1.54) is 5.56 Å². The molecule has 1 unspecified atom stereocenters. The van der Waals surface area contributed by atoms with Crippen LogP contribution in [0.5, 0.6) is 5.75 Å². The van der Waals surface area contributed by atoms with E-state index in [4.69, 9.17) is 9.05 Å². The molecule has 2 heterocycles. The molecule has 0 aliphatic carbocycles. The zero-order valence-corrected chi connectivity index (χ0v) is 14.6. The summed E-state index contributed by atoms with van der Waals surface area (Å²) in [4.78, 5) is 4.46. The van der Waals surface area contributed by atoms with E-state index in [1.807, 2.05) is 48.5 Å². The van der Waals surface area contributed by atoms with E-state index < -0.39 is 8.53 Å². The van der Waals surface area contributed by atoms with E-state index in [9.17, 15) is 0 Å². The minimum Gasteiger partial charge on any atom is -0.433 e. The monoisotopic (exact) mass is 338 g/mol. The number of hydrogen-bond acceptors (Lipinski definition) is 4. The number of para-hydroxylation sites is 1. The fourth-order valence-corrected chi connectivity index (χ4v) is 4.45. The predicted molar refractivity (Wildman–Crippen MR) is 96.8 cm³/mol. The average Bonchev–Trinajstić information content (AvgIpc) is 2.91. The lowest BCUT2D eigenvalue weighted by atomic mass is 10.0. The molecular formula is C19H19N2O2P. The molecular weight excluding hydrogens is 319 g/mol. The van der Waals surface area contributed by atoms with Crippen LogP contribution in [0.2, 0.25) is 0 Å². The van der Waals surface area contributed by atoms with E-state index in [0.29, 0.717) is 0 Å². The molecule has 4 nitrogen and oxygen atoms in total. The highest BCUT2D eigenvalue weighted by atomic mass is 31.2. The van der Waals surface area contributed by atoms with Gasteiger partial charge in [-0.25, -0.2) is 4.67 Å². The maximum Gasteiger partial charge on any atom is 0.321 e. The Labute approximate surface area is 143 Å². The molecule has 122 valence electrons. The number of nitrogens with zero attached hydrogens (tertiary/aromatic N) is 2. The fraction of sp³-hybridized carbons (Fsp3) is 0.211. The van der Waals surface area contributed by atoms with Crippen LogP contribution in [-0.4, -0.2) is 22.7 Å². The van der Waals surface area contributed by atoms with Gasteiger partial charge in [-0.15, -0.1) is 0 Å². The highest BCUT2D eigenvalue weighted by Crippen LogP contribution is 2.56. The Balaban J connectivity index is 1.61. The average molecular weight is 338 g/mol. The summed E-state index contributed by atoms with van der Waals surface area (Å²) in [7, 11) is 0.889. The SMILES string of the molecule is C[C@@H]1[C@H](c2ccccc2)OP(Oc2cccc3cccnc23)N1C. The zero-order chi connectivity index (χ0) is 16.5. The topological polar surface area (TPSA) is 34.6 Å². The summed E-state index contributed by atoms with van der Waals surface area (Å²) >= 11 is 0. The first-order valence-electron chi connectivity index (χ1n) is 8.00. The van der Waals surface area contributed by atoms with Gasteiger partial charge in [-0.3, -0.25) is 4.98 Å². The minimum absolute atomic E-state index is 0.0187. The Kier molecular flexibility index (Phi) is 4.19. The molecule has 1 saturated heterocycles. The van der Waals surface area contributed by atoms with Crippen molar-refractivity contribution in [2.45, 2.75) is 19.1 Å². The number of pyridine rings is 1. The number of rotatable bonds is 3. The first kappa shape index (κ1) is 15.5. The molecule has 0 saturated carbocycles. The van der Waals surface area contributed by atoms with Gasteiger partial charge < -0.3 is 9.05 Å². The fourth-order valence-electron chi connectivity index (χ4n) is 2.91. The van der Waals surface area contributed by atoms with Gasteiger partial charge in [0.15, 0.2) is 5.75 Å². The van der Waals surface area contributed by atoms with Crippen LogP contribution < -0.4 is 4.52 Å². The van der Waals surface area contributed by atoms with Gasteiger partial charge in [0, 0.05) is 17.6 Å². The van der Waals surface area contributed by atoms with Gasteiger partial charge in [-0.1, -0.05) is 48.5 Å². The molecule has 2 aromatic carbocycles. The van der Waals surface area contributed by atoms with Crippen LogP contribution in [0.4, 0.5) is 0 Å². The standard InChI is InChI=1S/C19H19N2O2P/c1-14-19(16-8-4-3-5-9-16)23-24(21(14)2)22-17-12-6-10-15-11-7-13-20-18(15)17/h3-14,19H,1-2H3/t14-,19-,24?/m1/s1. The molecule has 0 amide bonds. The lowest BCUT2D eigenvalue weighted by Gasteiger charge is -2.20. The third kappa shape index (κ3) is 2.78. The molecule has 0 spiro atoms. The normalized spacial score (nSPS) is 24.3. The van der Waals surface area contributed by atoms with Crippen LogP contribution in [-0.2, 0) is 4.52 Å². The van der Waals surface area contributed by atoms with Gasteiger partial charge >= 0.3 is 8.53 Å². The van der Waals surface area contributed by atoms with Crippen LogP contribution in [0.25, 0.3) is 10.9 Å². The summed E-state index contributed by atoms with van der Waals surface area (Å²) in [5.74, 6) is 0.770. The van der Waals surface area contributed by atoms with Crippen LogP contribution >= 0.6 is 8.53 Å². The van der Waals surface area contributed by atoms with Crippen molar-refractivity contribution in [3.63, 3.8) is 0 Å². The summed E-state index contributed by atoms with van der Waals surface area (Å²) < 4.78 is 14.7. The summed E-state index contributed by atoms with van der Waals surface area (Å²) in [6.45, 7) is 2.17. The quantitative estimate of drug-likeness (QED) is 0.634. The maximum atomic E-state index is 6.27. The Morgan fingerprint density at radius 2 is 1.83 bits per heavy atom. The van der Waals surface area contributed by atoms with Crippen LogP contribution in [0.15, 0.2) is 66.9 Å². The molecule has 1 aliphatic rings. The summed E-state index contributed by atoms with van der Waals surface area (Å²) in [6.07, 6.45) is 1.81. The second-order valence-corrected chi connectivity index (χ2v) is 7.41. The van der Waals surface area contributed by atoms with Crippen LogP contribution in [0, 0.1) is 0 Å². The number of hydrogen-bond donors (Lipinski definition) is 0. The molecule has 1 aromatic heterocycles. The minimum atomic E-state index is -1.16. The van der Waals surface area contributed by atoms with E-state index in [0.717, 1.165) is 16.7 Å². The highest BCUT2D eigenvalue weighted by molar-refractivity contribution is 7.45. The molecule has 0 N–H and O–H groups in total. The molecule has 1 fully saturated rings. The van der Waals surface area contributed by atoms with Gasteiger partial charge in [0.25, 0.3) is 0 Å². The smallest absolute Gasteiger partial charge is 0.321 e. The molecule has 3 atom stereocenters. The third-order valence-electron chi connectivity index (χ3n) is 4.39. The Bertz CT molecular complexity index is 838. The zero-order valence-electron chi connectivity index (χ0n) is 13.7. The number of aromatic nitrogens is 1. The lowest BCUT2D eigenvalue weighted by molar-refractivity contribution is 0.210. The molecule has 3 aromatic rings. The second kappa shape index (κ2) is 6.48. The van der Waals surface area contributed by atoms with Gasteiger partial charge in [-0.2, -0.15) is 0 Å². The molecule has 4 rings (SSSR count). The van der Waals surface area contributed by atoms with E-state index in [2.05, 4.69) is 35.8 Å². The van der Waals surface area contributed by atoms with Crippen molar-refractivity contribution in [1.82, 2.24) is 9.65 Å². The van der Waals surface area contributed by atoms with Crippen LogP contribution in [0.1, 0.15) is 18.6 Å². The lowest BCUT2D eigenvalue weighted by Crippen LogP contribution is -2.23. The molecule has 0 radical (unpaired) electrons. The number of fused-ring (bicyclic) bond motifs is 1. The summed E-state index contributed by atoms with van der Waals surface area (Å²) in [5.41, 5.74) is 2.05. The molecule has 0 bridgehead atoms. The Hall–Kier alpha value is -2.00. The largest absolute Gasteiger partial charge is 0.433 e. The van der Waals surface area contributed by atoms with Gasteiger partial charge in [0.1, 0.15) is 11.6 Å². The van der Waals surface area contributed by atoms with Crippen molar-refractivity contribution >= 4 is 19.4 Å². The number of benzene rings is 2. The maximum absolute atomic E-state index is 6.27. The molecule has 24 heavy (non-hydrogen) atoms.